The number of rotatable bonds is 8. The van der Waals surface area contributed by atoms with E-state index in [1.807, 2.05) is 22.4 Å². The number of carbonyl (C=O) groups excluding carboxylic acids is 1. The number of hydrogen-bond donors (Lipinski definition) is 1. The second-order valence-corrected chi connectivity index (χ2v) is 6.68. The first-order valence-corrected chi connectivity index (χ1v) is 8.74. The summed E-state index contributed by atoms with van der Waals surface area (Å²) in [5, 5.41) is 5.25. The lowest BCUT2D eigenvalue weighted by atomic mass is 10.2. The van der Waals surface area contributed by atoms with E-state index in [0.29, 0.717) is 25.7 Å². The molecular formula is C18H23FN2OS. The first-order valence-electron chi connectivity index (χ1n) is 7.86. The van der Waals surface area contributed by atoms with Gasteiger partial charge in [-0.25, -0.2) is 4.39 Å². The van der Waals surface area contributed by atoms with E-state index in [1.54, 1.807) is 23.5 Å². The number of hydrogen-bond acceptors (Lipinski definition) is 3. The molecule has 0 aliphatic carbocycles. The van der Waals surface area contributed by atoms with Crippen LogP contribution in [0.5, 0.6) is 0 Å². The smallest absolute Gasteiger partial charge is 0.237 e. The normalized spacial score (nSPS) is 12.1. The minimum atomic E-state index is -0.261. The van der Waals surface area contributed by atoms with Crippen molar-refractivity contribution < 1.29 is 9.18 Å². The molecule has 1 heterocycles. The number of benzene rings is 1. The van der Waals surface area contributed by atoms with E-state index in [2.05, 4.69) is 19.2 Å². The second kappa shape index (κ2) is 8.79. The van der Waals surface area contributed by atoms with E-state index in [9.17, 15) is 9.18 Å². The van der Waals surface area contributed by atoms with Gasteiger partial charge in [-0.05, 0) is 42.5 Å². The molecule has 1 aromatic heterocycles. The van der Waals surface area contributed by atoms with Gasteiger partial charge in [0.25, 0.3) is 0 Å². The summed E-state index contributed by atoms with van der Waals surface area (Å²) in [6.07, 6.45) is 0.982. The highest BCUT2D eigenvalue weighted by molar-refractivity contribution is 7.09. The number of thiophene rings is 1. The molecule has 23 heavy (non-hydrogen) atoms. The third-order valence-electron chi connectivity index (χ3n) is 3.78. The Kier molecular flexibility index (Phi) is 6.74. The molecule has 0 aliphatic heterocycles. The van der Waals surface area contributed by atoms with E-state index in [4.69, 9.17) is 0 Å². The minimum Gasteiger partial charge on any atom is -0.332 e. The number of nitrogens with one attached hydrogen (secondary N) is 1. The average molecular weight is 334 g/mol. The average Bonchev–Trinajstić information content (AvgIpc) is 3.06. The Labute approximate surface area is 141 Å². The third-order valence-corrected chi connectivity index (χ3v) is 4.64. The molecule has 0 aliphatic rings. The summed E-state index contributed by atoms with van der Waals surface area (Å²) in [6, 6.07) is 10.6. The quantitative estimate of drug-likeness (QED) is 0.796. The third kappa shape index (κ3) is 5.77. The molecule has 1 aromatic carbocycles. The highest BCUT2D eigenvalue weighted by atomic mass is 32.1. The van der Waals surface area contributed by atoms with Crippen LogP contribution in [0.2, 0.25) is 0 Å². The lowest BCUT2D eigenvalue weighted by Crippen LogP contribution is -2.40. The molecule has 0 saturated heterocycles. The molecule has 2 aromatic rings. The van der Waals surface area contributed by atoms with Crippen molar-refractivity contribution in [3.63, 3.8) is 0 Å². The Bertz CT molecular complexity index is 598. The van der Waals surface area contributed by atoms with Gasteiger partial charge in [0.15, 0.2) is 0 Å². The number of amides is 1. The van der Waals surface area contributed by atoms with Gasteiger partial charge in [0, 0.05) is 17.5 Å². The molecule has 124 valence electrons. The zero-order valence-electron chi connectivity index (χ0n) is 13.6. The van der Waals surface area contributed by atoms with Crippen LogP contribution in [0, 0.1) is 5.82 Å². The number of carbonyl (C=O) groups is 1. The van der Waals surface area contributed by atoms with Gasteiger partial charge in [-0.3, -0.25) is 4.79 Å². The SMILES string of the molecule is CC[C@H](C)NCC(=O)N(Cc1ccc(F)cc1)Cc1cccs1. The van der Waals surface area contributed by atoms with Gasteiger partial charge in [0.2, 0.25) is 5.91 Å². The lowest BCUT2D eigenvalue weighted by Gasteiger charge is -2.23. The summed E-state index contributed by atoms with van der Waals surface area (Å²) >= 11 is 1.64. The van der Waals surface area contributed by atoms with Gasteiger partial charge in [0.05, 0.1) is 13.1 Å². The Morgan fingerprint density at radius 3 is 2.61 bits per heavy atom. The topological polar surface area (TPSA) is 32.3 Å². The highest BCUT2D eigenvalue weighted by Crippen LogP contribution is 2.15. The van der Waals surface area contributed by atoms with E-state index < -0.39 is 0 Å². The van der Waals surface area contributed by atoms with Crippen LogP contribution in [0.15, 0.2) is 41.8 Å². The molecule has 0 spiro atoms. The van der Waals surface area contributed by atoms with Crippen molar-refractivity contribution in [2.24, 2.45) is 0 Å². The molecule has 0 radical (unpaired) electrons. The molecule has 2 rings (SSSR count). The summed E-state index contributed by atoms with van der Waals surface area (Å²) in [5.41, 5.74) is 0.930. The van der Waals surface area contributed by atoms with E-state index in [0.717, 1.165) is 16.9 Å². The lowest BCUT2D eigenvalue weighted by molar-refractivity contribution is -0.131. The number of nitrogens with zero attached hydrogens (tertiary/aromatic N) is 1. The fraction of sp³-hybridized carbons (Fsp3) is 0.389. The van der Waals surface area contributed by atoms with E-state index in [1.165, 1.54) is 12.1 Å². The van der Waals surface area contributed by atoms with Crippen LogP contribution in [0.25, 0.3) is 0 Å². The maximum absolute atomic E-state index is 13.0. The van der Waals surface area contributed by atoms with Crippen LogP contribution in [0.1, 0.15) is 30.7 Å². The summed E-state index contributed by atoms with van der Waals surface area (Å²) in [7, 11) is 0. The van der Waals surface area contributed by atoms with Crippen LogP contribution in [0.3, 0.4) is 0 Å². The highest BCUT2D eigenvalue weighted by Gasteiger charge is 2.15. The summed E-state index contributed by atoms with van der Waals surface area (Å²) < 4.78 is 13.0. The van der Waals surface area contributed by atoms with Crippen molar-refractivity contribution in [2.45, 2.75) is 39.4 Å². The maximum Gasteiger partial charge on any atom is 0.237 e. The Morgan fingerprint density at radius 1 is 1.26 bits per heavy atom. The summed E-state index contributed by atoms with van der Waals surface area (Å²) in [5.74, 6) is -0.202. The predicted molar refractivity (Wildman–Crippen MR) is 92.7 cm³/mol. The van der Waals surface area contributed by atoms with E-state index in [-0.39, 0.29) is 11.7 Å². The number of halogens is 1. The summed E-state index contributed by atoms with van der Waals surface area (Å²) in [6.45, 7) is 5.54. The van der Waals surface area contributed by atoms with Gasteiger partial charge >= 0.3 is 0 Å². The molecule has 1 atom stereocenters. The molecule has 0 bridgehead atoms. The first kappa shape index (κ1) is 17.6. The van der Waals surface area contributed by atoms with Crippen LogP contribution < -0.4 is 5.32 Å². The maximum atomic E-state index is 13.0. The van der Waals surface area contributed by atoms with Crippen LogP contribution in [0.4, 0.5) is 4.39 Å². The largest absolute Gasteiger partial charge is 0.332 e. The van der Waals surface area contributed by atoms with Crippen LogP contribution in [-0.2, 0) is 17.9 Å². The monoisotopic (exact) mass is 334 g/mol. The predicted octanol–water partition coefficient (Wildman–Crippen LogP) is 3.80. The zero-order chi connectivity index (χ0) is 16.7. The molecular weight excluding hydrogens is 311 g/mol. The van der Waals surface area contributed by atoms with Gasteiger partial charge in [-0.1, -0.05) is 25.1 Å². The molecule has 1 amide bonds. The van der Waals surface area contributed by atoms with Crippen LogP contribution in [-0.4, -0.2) is 23.4 Å². The summed E-state index contributed by atoms with van der Waals surface area (Å²) in [4.78, 5) is 15.5. The van der Waals surface area contributed by atoms with Gasteiger partial charge < -0.3 is 10.2 Å². The molecule has 0 unspecified atom stereocenters. The zero-order valence-corrected chi connectivity index (χ0v) is 14.4. The minimum absolute atomic E-state index is 0.0584. The van der Waals surface area contributed by atoms with Crippen molar-refractivity contribution in [1.82, 2.24) is 10.2 Å². The Hall–Kier alpha value is -1.72. The van der Waals surface area contributed by atoms with Crippen molar-refractivity contribution in [3.05, 3.63) is 58.0 Å². The van der Waals surface area contributed by atoms with Gasteiger partial charge in [-0.2, -0.15) is 0 Å². The Balaban J connectivity index is 2.04. The standard InChI is InChI=1S/C18H23FN2OS/c1-3-14(2)20-11-18(22)21(13-17-5-4-10-23-17)12-15-6-8-16(19)9-7-15/h4-10,14,20H,3,11-13H2,1-2H3/t14-/m0/s1. The molecule has 3 nitrogen and oxygen atoms in total. The van der Waals surface area contributed by atoms with Crippen molar-refractivity contribution in [1.29, 1.82) is 0 Å². The Morgan fingerprint density at radius 2 is 2.00 bits per heavy atom. The fourth-order valence-electron chi connectivity index (χ4n) is 2.15. The van der Waals surface area contributed by atoms with E-state index >= 15 is 0 Å². The molecule has 5 heteroatoms. The van der Waals surface area contributed by atoms with Gasteiger partial charge in [-0.15, -0.1) is 11.3 Å². The molecule has 1 N–H and O–H groups in total. The van der Waals surface area contributed by atoms with Crippen molar-refractivity contribution in [3.8, 4) is 0 Å². The first-order chi connectivity index (χ1) is 11.1. The fourth-order valence-corrected chi connectivity index (χ4v) is 2.87. The van der Waals surface area contributed by atoms with Crippen LogP contribution >= 0.6 is 11.3 Å². The molecule has 0 saturated carbocycles. The van der Waals surface area contributed by atoms with Gasteiger partial charge in [0.1, 0.15) is 5.82 Å². The molecule has 0 fully saturated rings. The van der Waals surface area contributed by atoms with Crippen molar-refractivity contribution >= 4 is 17.2 Å². The second-order valence-electron chi connectivity index (χ2n) is 5.65. The van der Waals surface area contributed by atoms with Crippen molar-refractivity contribution in [2.75, 3.05) is 6.54 Å².